The van der Waals surface area contributed by atoms with Crippen LogP contribution in [0.1, 0.15) is 17.0 Å². The maximum absolute atomic E-state index is 14.8. The molecule has 9 nitrogen and oxygen atoms in total. The van der Waals surface area contributed by atoms with E-state index < -0.39 is 32.2 Å². The van der Waals surface area contributed by atoms with Crippen molar-refractivity contribution in [3.05, 3.63) is 30.5 Å². The Kier molecular flexibility index (Phi) is 5.79. The number of benzene rings is 1. The van der Waals surface area contributed by atoms with Crippen LogP contribution in [0.4, 0.5) is 30.5 Å². The van der Waals surface area contributed by atoms with Crippen LogP contribution >= 0.6 is 0 Å². The minimum Gasteiger partial charge on any atom is -0.479 e. The molecule has 182 valence electrons. The molecular formula is C22H27F3N8O. The molecular weight excluding hydrogens is 449 g/mol. The van der Waals surface area contributed by atoms with Gasteiger partial charge in [-0.05, 0) is 43.6 Å². The molecule has 1 fully saturated rings. The number of rotatable bonds is 9. The van der Waals surface area contributed by atoms with E-state index in [1.807, 2.05) is 0 Å². The van der Waals surface area contributed by atoms with E-state index in [1.165, 1.54) is 11.6 Å². The first-order valence-corrected chi connectivity index (χ1v) is 10.7. The molecule has 3 N–H and O–H groups in total. The van der Waals surface area contributed by atoms with E-state index >= 15 is 0 Å². The number of nitrogens with one attached hydrogen (secondary N) is 3. The summed E-state index contributed by atoms with van der Waals surface area (Å²) in [5.41, 5.74) is 10.2. The van der Waals surface area contributed by atoms with Crippen LogP contribution in [0.15, 0.2) is 35.6 Å². The average Bonchev–Trinajstić information content (AvgIpc) is 3.28. The Balaban J connectivity index is 1.63. The Morgan fingerprint density at radius 1 is 1.38 bits per heavy atom. The highest BCUT2D eigenvalue weighted by Crippen LogP contribution is 2.36. The van der Waals surface area contributed by atoms with Crippen LogP contribution in [0.5, 0.6) is 5.88 Å². The zero-order valence-electron chi connectivity index (χ0n) is 21.5. The van der Waals surface area contributed by atoms with Crippen LogP contribution in [0.2, 0.25) is 0 Å². The van der Waals surface area contributed by atoms with Crippen molar-refractivity contribution in [3.63, 3.8) is 0 Å². The van der Waals surface area contributed by atoms with Gasteiger partial charge in [-0.25, -0.2) is 18.8 Å². The van der Waals surface area contributed by atoms with Gasteiger partial charge >= 0.3 is 0 Å². The average molecular weight is 480 g/mol. The minimum absolute atomic E-state index is 0.0287. The number of ether oxygens (including phenoxy) is 1. The van der Waals surface area contributed by atoms with E-state index in [0.717, 1.165) is 10.5 Å². The van der Waals surface area contributed by atoms with Crippen molar-refractivity contribution in [2.24, 2.45) is 5.11 Å². The molecule has 0 aliphatic carbocycles. The highest BCUT2D eigenvalue weighted by molar-refractivity contribution is 5.87. The molecule has 1 atom stereocenters. The van der Waals surface area contributed by atoms with Gasteiger partial charge in [0.05, 0.1) is 32.1 Å². The molecule has 1 saturated heterocycles. The van der Waals surface area contributed by atoms with Crippen molar-refractivity contribution in [2.45, 2.75) is 24.8 Å². The summed E-state index contributed by atoms with van der Waals surface area (Å²) in [6.45, 7) is -3.63. The van der Waals surface area contributed by atoms with Gasteiger partial charge in [0, 0.05) is 29.0 Å². The van der Waals surface area contributed by atoms with Crippen molar-refractivity contribution < 1.29 is 22.0 Å². The quantitative estimate of drug-likeness (QED) is 0.306. The number of anilines is 2. The van der Waals surface area contributed by atoms with Crippen molar-refractivity contribution in [1.82, 2.24) is 19.5 Å². The van der Waals surface area contributed by atoms with E-state index in [9.17, 15) is 13.2 Å². The molecule has 0 spiro atoms. The summed E-state index contributed by atoms with van der Waals surface area (Å²) in [5.74, 6) is -3.27. The SMILES string of the molecule is [2H]C([2H])([2H])N1CC[C@@H](Nc2nc(OC)c3c(-c4ccc(N=N)c(NCCCF)c4)ccn3n2)C(F)(F)C1. The number of piperidine rings is 1. The summed E-state index contributed by atoms with van der Waals surface area (Å²) in [6.07, 6.45) is 1.83. The third kappa shape index (κ3) is 4.76. The predicted molar refractivity (Wildman–Crippen MR) is 123 cm³/mol. The van der Waals surface area contributed by atoms with Crippen molar-refractivity contribution in [3.8, 4) is 17.0 Å². The molecule has 0 amide bonds. The Labute approximate surface area is 199 Å². The number of halogens is 3. The molecule has 34 heavy (non-hydrogen) atoms. The number of hydrogen-bond acceptors (Lipinski definition) is 8. The number of methoxy groups -OCH3 is 1. The third-order valence-corrected chi connectivity index (χ3v) is 5.63. The Bertz CT molecular complexity index is 1270. The van der Waals surface area contributed by atoms with E-state index in [2.05, 4.69) is 25.8 Å². The molecule has 2 aromatic heterocycles. The second-order valence-electron chi connectivity index (χ2n) is 7.95. The molecule has 12 heteroatoms. The molecule has 3 heterocycles. The first-order valence-electron chi connectivity index (χ1n) is 12.2. The standard InChI is InChI=1S/C22H27F3N8O/c1-32-10-7-18(22(24,25)13-32)28-21-29-20(34-2)19-15(6-11-33(19)31-21)14-4-5-16(30-26)17(12-14)27-9-3-8-23/h4-6,11-12,18,26-27H,3,7-10,13H2,1-2H3,(H,28,31)/t18-/m1/s1/i1D3. The lowest BCUT2D eigenvalue weighted by atomic mass is 10.0. The smallest absolute Gasteiger partial charge is 0.280 e. The molecule has 0 radical (unpaired) electrons. The predicted octanol–water partition coefficient (Wildman–Crippen LogP) is 4.59. The number of hydrogen-bond donors (Lipinski definition) is 3. The van der Waals surface area contributed by atoms with Gasteiger partial charge in [0.1, 0.15) is 11.2 Å². The zero-order chi connectivity index (χ0) is 26.8. The monoisotopic (exact) mass is 479 g/mol. The van der Waals surface area contributed by atoms with Gasteiger partial charge in [0.25, 0.3) is 5.92 Å². The fourth-order valence-corrected chi connectivity index (χ4v) is 3.93. The van der Waals surface area contributed by atoms with Crippen molar-refractivity contribution in [2.75, 3.05) is 51.0 Å². The summed E-state index contributed by atoms with van der Waals surface area (Å²) in [7, 11) is 1.40. The lowest BCUT2D eigenvalue weighted by Crippen LogP contribution is -2.53. The maximum Gasteiger partial charge on any atom is 0.280 e. The second-order valence-corrected chi connectivity index (χ2v) is 7.95. The van der Waals surface area contributed by atoms with Gasteiger partial charge in [-0.15, -0.1) is 5.10 Å². The van der Waals surface area contributed by atoms with E-state index in [-0.39, 0.29) is 24.8 Å². The first-order chi connectivity index (χ1) is 17.6. The lowest BCUT2D eigenvalue weighted by Gasteiger charge is -2.36. The van der Waals surface area contributed by atoms with Crippen LogP contribution in [-0.4, -0.2) is 71.9 Å². The fourth-order valence-electron chi connectivity index (χ4n) is 3.93. The van der Waals surface area contributed by atoms with Crippen LogP contribution in [-0.2, 0) is 0 Å². The molecule has 0 saturated carbocycles. The molecule has 1 aromatic carbocycles. The van der Waals surface area contributed by atoms with Gasteiger partial charge in [-0.1, -0.05) is 6.07 Å². The molecule has 0 bridgehead atoms. The highest BCUT2D eigenvalue weighted by Gasteiger charge is 2.44. The summed E-state index contributed by atoms with van der Waals surface area (Å²) in [6, 6.07) is 5.58. The van der Waals surface area contributed by atoms with Gasteiger partial charge < -0.3 is 20.3 Å². The minimum atomic E-state index is -3.32. The van der Waals surface area contributed by atoms with Crippen LogP contribution in [0.25, 0.3) is 16.6 Å². The molecule has 0 unspecified atom stereocenters. The summed E-state index contributed by atoms with van der Waals surface area (Å²) in [4.78, 5) is 5.08. The first kappa shape index (κ1) is 20.0. The van der Waals surface area contributed by atoms with Crippen molar-refractivity contribution >= 4 is 22.8 Å². The molecule has 1 aliphatic rings. The Morgan fingerprint density at radius 3 is 2.94 bits per heavy atom. The summed E-state index contributed by atoms with van der Waals surface area (Å²) in [5, 5.41) is 13.6. The topological polar surface area (TPSA) is 103 Å². The van der Waals surface area contributed by atoms with E-state index in [0.29, 0.717) is 35.4 Å². The summed E-state index contributed by atoms with van der Waals surface area (Å²) >= 11 is 0. The number of likely N-dealkylation sites (tertiary alicyclic amines) is 1. The molecule has 4 rings (SSSR count). The van der Waals surface area contributed by atoms with Crippen LogP contribution in [0.3, 0.4) is 0 Å². The van der Waals surface area contributed by atoms with Gasteiger partial charge in [0.15, 0.2) is 0 Å². The normalized spacial score (nSPS) is 19.8. The number of alkyl halides is 3. The van der Waals surface area contributed by atoms with E-state index in [4.69, 9.17) is 14.4 Å². The second kappa shape index (κ2) is 9.84. The van der Waals surface area contributed by atoms with Crippen molar-refractivity contribution in [1.29, 1.82) is 5.53 Å². The third-order valence-electron chi connectivity index (χ3n) is 5.63. The number of nitrogens with zero attached hydrogens (tertiary/aromatic N) is 5. The number of fused-ring (bicyclic) bond motifs is 1. The Hall–Kier alpha value is -3.41. The van der Waals surface area contributed by atoms with Crippen LogP contribution in [0, 0.1) is 5.53 Å². The van der Waals surface area contributed by atoms with Gasteiger partial charge in [0.2, 0.25) is 11.8 Å². The zero-order valence-corrected chi connectivity index (χ0v) is 18.5. The summed E-state index contributed by atoms with van der Waals surface area (Å²) < 4.78 is 71.2. The largest absolute Gasteiger partial charge is 0.479 e. The lowest BCUT2D eigenvalue weighted by molar-refractivity contribution is -0.0675. The highest BCUT2D eigenvalue weighted by atomic mass is 19.3. The molecule has 3 aromatic rings. The molecule has 1 aliphatic heterocycles. The van der Waals surface area contributed by atoms with Crippen LogP contribution < -0.4 is 15.4 Å². The van der Waals surface area contributed by atoms with Gasteiger partial charge in [-0.2, -0.15) is 10.1 Å². The number of aromatic nitrogens is 3. The maximum atomic E-state index is 14.8. The van der Waals surface area contributed by atoms with Gasteiger partial charge in [-0.3, -0.25) is 4.39 Å². The Morgan fingerprint density at radius 2 is 2.24 bits per heavy atom. The van der Waals surface area contributed by atoms with E-state index in [1.54, 1.807) is 30.5 Å². The fraction of sp³-hybridized carbons (Fsp3) is 0.455.